The minimum atomic E-state index is 0.729. The third kappa shape index (κ3) is 1.59. The zero-order valence-electron chi connectivity index (χ0n) is 7.92. The predicted molar refractivity (Wildman–Crippen MR) is 54.4 cm³/mol. The first kappa shape index (κ1) is 8.36. The highest BCUT2D eigenvalue weighted by Crippen LogP contribution is 2.06. The molecule has 1 aromatic rings. The Kier molecular flexibility index (Phi) is 2.35. The molecule has 0 aliphatic carbocycles. The minimum Gasteiger partial charge on any atom is -0.493 e. The Hall–Kier alpha value is -1.24. The molecule has 2 rings (SSSR count). The van der Waals surface area contributed by atoms with Crippen molar-refractivity contribution in [2.75, 3.05) is 6.61 Å². The van der Waals surface area contributed by atoms with Crippen molar-refractivity contribution in [1.82, 2.24) is 0 Å². The van der Waals surface area contributed by atoms with Crippen LogP contribution in [0.4, 0.5) is 0 Å². The lowest BCUT2D eigenvalue weighted by molar-refractivity contribution is 0.307. The van der Waals surface area contributed by atoms with Crippen LogP contribution in [-0.4, -0.2) is 6.61 Å². The molecule has 0 radical (unpaired) electrons. The van der Waals surface area contributed by atoms with Gasteiger partial charge in [0, 0.05) is 11.6 Å². The highest BCUT2D eigenvalue weighted by molar-refractivity contribution is 5.44. The Labute approximate surface area is 78.3 Å². The summed E-state index contributed by atoms with van der Waals surface area (Å²) in [6, 6.07) is 8.42. The minimum absolute atomic E-state index is 0.729. The number of hydrogen-bond acceptors (Lipinski definition) is 1. The molecule has 0 amide bonds. The van der Waals surface area contributed by atoms with Crippen molar-refractivity contribution in [3.8, 4) is 0 Å². The van der Waals surface area contributed by atoms with Crippen molar-refractivity contribution in [2.24, 2.45) is 0 Å². The van der Waals surface area contributed by atoms with Gasteiger partial charge in [0.15, 0.2) is 0 Å². The van der Waals surface area contributed by atoms with Gasteiger partial charge in [0.1, 0.15) is 12.4 Å². The second-order valence-corrected chi connectivity index (χ2v) is 3.28. The Balaban J connectivity index is 2.61. The third-order valence-electron chi connectivity index (χ3n) is 2.30. The summed E-state index contributed by atoms with van der Waals surface area (Å²) in [5.41, 5.74) is 0. The summed E-state index contributed by atoms with van der Waals surface area (Å²) in [7, 11) is 0. The van der Waals surface area contributed by atoms with E-state index in [1.165, 1.54) is 10.4 Å². The van der Waals surface area contributed by atoms with Crippen molar-refractivity contribution in [3.63, 3.8) is 0 Å². The van der Waals surface area contributed by atoms with Crippen molar-refractivity contribution in [3.05, 3.63) is 34.7 Å². The summed E-state index contributed by atoms with van der Waals surface area (Å²) in [6.07, 6.45) is 4.32. The molecule has 0 atom stereocenters. The molecule has 1 nitrogen and oxygen atoms in total. The number of hydrogen-bond donors (Lipinski definition) is 0. The maximum atomic E-state index is 5.61. The maximum absolute atomic E-state index is 5.61. The van der Waals surface area contributed by atoms with Gasteiger partial charge in [0.25, 0.3) is 0 Å². The molecule has 1 aromatic carbocycles. The van der Waals surface area contributed by atoms with Crippen LogP contribution in [0, 0.1) is 0 Å². The molecule has 13 heavy (non-hydrogen) atoms. The summed E-state index contributed by atoms with van der Waals surface area (Å²) in [5, 5.41) is 2.59. The van der Waals surface area contributed by atoms with Gasteiger partial charge in [-0.3, -0.25) is 0 Å². The van der Waals surface area contributed by atoms with Crippen LogP contribution < -0.4 is 10.4 Å². The van der Waals surface area contributed by atoms with Gasteiger partial charge in [-0.2, -0.15) is 0 Å². The zero-order valence-corrected chi connectivity index (χ0v) is 7.92. The lowest BCUT2D eigenvalue weighted by Crippen LogP contribution is -2.31. The van der Waals surface area contributed by atoms with Crippen LogP contribution in [0.5, 0.6) is 0 Å². The lowest BCUT2D eigenvalue weighted by Gasteiger charge is -2.11. The van der Waals surface area contributed by atoms with Crippen LogP contribution in [0.15, 0.2) is 24.3 Å². The highest BCUT2D eigenvalue weighted by atomic mass is 16.5. The van der Waals surface area contributed by atoms with Gasteiger partial charge in [0.2, 0.25) is 0 Å². The van der Waals surface area contributed by atoms with Crippen molar-refractivity contribution < 1.29 is 4.74 Å². The first-order chi connectivity index (χ1) is 6.42. The van der Waals surface area contributed by atoms with E-state index in [1.807, 2.05) is 0 Å². The van der Waals surface area contributed by atoms with Gasteiger partial charge in [-0.15, -0.1) is 0 Å². The Bertz CT molecular complexity index is 403. The SMILES string of the molecule is CCCC1=c2ccccc2=CCO1. The second kappa shape index (κ2) is 3.65. The van der Waals surface area contributed by atoms with E-state index in [4.69, 9.17) is 4.74 Å². The smallest absolute Gasteiger partial charge is 0.107 e. The van der Waals surface area contributed by atoms with E-state index >= 15 is 0 Å². The summed E-state index contributed by atoms with van der Waals surface area (Å²) in [6.45, 7) is 2.91. The molecule has 1 aliphatic rings. The fraction of sp³-hybridized carbons (Fsp3) is 0.333. The van der Waals surface area contributed by atoms with Crippen LogP contribution in [-0.2, 0) is 4.74 Å². The fourth-order valence-corrected chi connectivity index (χ4v) is 1.67. The Morgan fingerprint density at radius 2 is 2.15 bits per heavy atom. The van der Waals surface area contributed by atoms with Gasteiger partial charge >= 0.3 is 0 Å². The molecule has 1 aliphatic heterocycles. The van der Waals surface area contributed by atoms with E-state index in [1.54, 1.807) is 0 Å². The van der Waals surface area contributed by atoms with E-state index in [0.717, 1.165) is 25.2 Å². The molecular weight excluding hydrogens is 160 g/mol. The van der Waals surface area contributed by atoms with E-state index in [0.29, 0.717) is 0 Å². The molecule has 0 aromatic heterocycles. The van der Waals surface area contributed by atoms with Gasteiger partial charge in [-0.05, 0) is 17.7 Å². The first-order valence-electron chi connectivity index (χ1n) is 4.83. The zero-order chi connectivity index (χ0) is 9.10. The molecular formula is C12H14O. The standard InChI is InChI=1S/C12H14O/c1-2-5-12-11-7-4-3-6-10(11)8-9-13-12/h3-4,6-8H,2,5,9H2,1H3. The summed E-state index contributed by atoms with van der Waals surface area (Å²) < 4.78 is 5.61. The van der Waals surface area contributed by atoms with Gasteiger partial charge in [-0.25, -0.2) is 0 Å². The predicted octanol–water partition coefficient (Wildman–Crippen LogP) is 1.41. The number of fused-ring (bicyclic) bond motifs is 1. The molecule has 0 bridgehead atoms. The quantitative estimate of drug-likeness (QED) is 0.658. The fourth-order valence-electron chi connectivity index (χ4n) is 1.67. The highest BCUT2D eigenvalue weighted by Gasteiger charge is 2.02. The second-order valence-electron chi connectivity index (χ2n) is 3.28. The molecule has 1 heterocycles. The molecule has 1 heteroatoms. The largest absolute Gasteiger partial charge is 0.493 e. The van der Waals surface area contributed by atoms with E-state index in [-0.39, 0.29) is 0 Å². The molecule has 0 spiro atoms. The summed E-state index contributed by atoms with van der Waals surface area (Å²) in [5.74, 6) is 1.15. The molecule has 0 saturated heterocycles. The maximum Gasteiger partial charge on any atom is 0.107 e. The normalized spacial score (nSPS) is 14.4. The number of rotatable bonds is 2. The van der Waals surface area contributed by atoms with Crippen LogP contribution in [0.3, 0.4) is 0 Å². The first-order valence-corrected chi connectivity index (χ1v) is 4.83. The Morgan fingerprint density at radius 1 is 1.31 bits per heavy atom. The summed E-state index contributed by atoms with van der Waals surface area (Å²) in [4.78, 5) is 0. The van der Waals surface area contributed by atoms with Crippen molar-refractivity contribution in [1.29, 1.82) is 0 Å². The molecule has 68 valence electrons. The average Bonchev–Trinajstić information content (AvgIpc) is 2.19. The Morgan fingerprint density at radius 3 is 3.00 bits per heavy atom. The number of benzene rings is 1. The summed E-state index contributed by atoms with van der Waals surface area (Å²) >= 11 is 0. The third-order valence-corrected chi connectivity index (χ3v) is 2.30. The van der Waals surface area contributed by atoms with Crippen LogP contribution in [0.2, 0.25) is 0 Å². The monoisotopic (exact) mass is 174 g/mol. The van der Waals surface area contributed by atoms with Gasteiger partial charge in [-0.1, -0.05) is 31.2 Å². The average molecular weight is 174 g/mol. The lowest BCUT2D eigenvalue weighted by atomic mass is 10.1. The molecule has 0 N–H and O–H groups in total. The molecule has 0 saturated carbocycles. The molecule has 0 unspecified atom stereocenters. The van der Waals surface area contributed by atoms with Gasteiger partial charge in [0.05, 0.1) is 0 Å². The van der Waals surface area contributed by atoms with E-state index in [2.05, 4.69) is 37.3 Å². The van der Waals surface area contributed by atoms with E-state index in [9.17, 15) is 0 Å². The van der Waals surface area contributed by atoms with E-state index < -0.39 is 0 Å². The van der Waals surface area contributed by atoms with Gasteiger partial charge < -0.3 is 4.74 Å². The topological polar surface area (TPSA) is 9.23 Å². The van der Waals surface area contributed by atoms with Crippen LogP contribution in [0.1, 0.15) is 19.8 Å². The van der Waals surface area contributed by atoms with Crippen molar-refractivity contribution >= 4 is 11.8 Å². The van der Waals surface area contributed by atoms with Crippen molar-refractivity contribution in [2.45, 2.75) is 19.8 Å². The molecule has 0 fully saturated rings. The number of ether oxygens (including phenoxy) is 1. The van der Waals surface area contributed by atoms with Crippen LogP contribution >= 0.6 is 0 Å². The van der Waals surface area contributed by atoms with Crippen LogP contribution in [0.25, 0.3) is 11.8 Å².